The molecule has 32 heavy (non-hydrogen) atoms. The standard InChI is InChI=1S/C27H26N2O2S/c1-18-6-4-9-23-24(18)15-21(19-11-13-29-12-5-8-22(29)14-19)16-26(23)32(30,31)27-17-20-7-2-3-10-25(20)28-27/h2-4,6-7,9-11,15-17,22,28H,5,8,12-14H2,1H3/t22-/m1/s1. The third kappa shape index (κ3) is 3.11. The van der Waals surface area contributed by atoms with Gasteiger partial charge in [-0.3, -0.25) is 4.90 Å². The molecule has 1 atom stereocenters. The van der Waals surface area contributed by atoms with E-state index in [-0.39, 0.29) is 5.03 Å². The van der Waals surface area contributed by atoms with Crippen molar-refractivity contribution in [1.29, 1.82) is 0 Å². The predicted molar refractivity (Wildman–Crippen MR) is 130 cm³/mol. The fourth-order valence-electron chi connectivity index (χ4n) is 5.39. The van der Waals surface area contributed by atoms with Gasteiger partial charge >= 0.3 is 0 Å². The largest absolute Gasteiger partial charge is 0.345 e. The molecule has 0 amide bonds. The Kier molecular flexibility index (Phi) is 4.52. The minimum atomic E-state index is -3.72. The molecule has 6 rings (SSSR count). The van der Waals surface area contributed by atoms with E-state index in [0.29, 0.717) is 10.9 Å². The highest BCUT2D eigenvalue weighted by Gasteiger charge is 2.29. The monoisotopic (exact) mass is 442 g/mol. The number of aryl methyl sites for hydroxylation is 1. The fraction of sp³-hybridized carbons (Fsp3) is 0.259. The van der Waals surface area contributed by atoms with E-state index in [1.165, 1.54) is 25.0 Å². The van der Waals surface area contributed by atoms with Crippen LogP contribution in [0.15, 0.2) is 76.7 Å². The number of hydrogen-bond donors (Lipinski definition) is 1. The summed E-state index contributed by atoms with van der Waals surface area (Å²) in [6, 6.07) is 20.0. The first-order valence-corrected chi connectivity index (χ1v) is 12.8. The zero-order valence-electron chi connectivity index (χ0n) is 18.1. The average molecular weight is 443 g/mol. The van der Waals surface area contributed by atoms with Gasteiger partial charge in [0.05, 0.1) is 4.90 Å². The van der Waals surface area contributed by atoms with Gasteiger partial charge in [0.25, 0.3) is 0 Å². The molecule has 0 radical (unpaired) electrons. The topological polar surface area (TPSA) is 53.2 Å². The van der Waals surface area contributed by atoms with E-state index in [1.807, 2.05) is 42.5 Å². The smallest absolute Gasteiger partial charge is 0.222 e. The molecular formula is C27H26N2O2S. The summed E-state index contributed by atoms with van der Waals surface area (Å²) in [6.07, 6.45) is 5.76. The molecule has 1 fully saturated rings. The molecule has 0 saturated carbocycles. The minimum absolute atomic E-state index is 0.248. The lowest BCUT2D eigenvalue weighted by Gasteiger charge is -2.29. The second-order valence-electron chi connectivity index (χ2n) is 9.09. The van der Waals surface area contributed by atoms with Crippen molar-refractivity contribution >= 4 is 37.1 Å². The Labute approximate surface area is 188 Å². The third-order valence-electron chi connectivity index (χ3n) is 7.16. The van der Waals surface area contributed by atoms with Gasteiger partial charge in [-0.15, -0.1) is 0 Å². The quantitative estimate of drug-likeness (QED) is 0.442. The second kappa shape index (κ2) is 7.32. The van der Waals surface area contributed by atoms with Crippen LogP contribution in [-0.2, 0) is 9.84 Å². The van der Waals surface area contributed by atoms with Crippen molar-refractivity contribution in [2.24, 2.45) is 0 Å². The van der Waals surface area contributed by atoms with E-state index in [2.05, 4.69) is 35.0 Å². The van der Waals surface area contributed by atoms with E-state index in [0.717, 1.165) is 45.8 Å². The highest BCUT2D eigenvalue weighted by atomic mass is 32.2. The van der Waals surface area contributed by atoms with Crippen LogP contribution in [0.4, 0.5) is 0 Å². The number of nitrogens with zero attached hydrogens (tertiary/aromatic N) is 1. The summed E-state index contributed by atoms with van der Waals surface area (Å²) in [4.78, 5) is 6.06. The molecular weight excluding hydrogens is 416 g/mol. The average Bonchev–Trinajstić information content (AvgIpc) is 3.45. The van der Waals surface area contributed by atoms with Crippen molar-refractivity contribution in [3.8, 4) is 0 Å². The summed E-state index contributed by atoms with van der Waals surface area (Å²) in [5.74, 6) is 0. The molecule has 0 aliphatic carbocycles. The lowest BCUT2D eigenvalue weighted by Crippen LogP contribution is -2.32. The minimum Gasteiger partial charge on any atom is -0.345 e. The molecule has 1 aromatic heterocycles. The normalized spacial score (nSPS) is 19.4. The SMILES string of the molecule is Cc1cccc2c(S(=O)(=O)c3cc4ccccc4[nH]3)cc(C3=CCN4CCC[C@@H]4C3)cc12. The Morgan fingerprint density at radius 2 is 1.88 bits per heavy atom. The summed E-state index contributed by atoms with van der Waals surface area (Å²) >= 11 is 0. The van der Waals surface area contributed by atoms with Crippen molar-refractivity contribution in [2.45, 2.75) is 42.1 Å². The molecule has 4 aromatic rings. The van der Waals surface area contributed by atoms with Gasteiger partial charge in [0, 0.05) is 28.9 Å². The Bertz CT molecular complexity index is 1460. The summed E-state index contributed by atoms with van der Waals surface area (Å²) in [5.41, 5.74) is 4.23. The fourth-order valence-corrected chi connectivity index (χ4v) is 6.90. The Balaban J connectivity index is 1.55. The number of rotatable bonds is 3. The summed E-state index contributed by atoms with van der Waals surface area (Å²) in [5, 5.41) is 2.94. The number of H-pyrrole nitrogens is 1. The number of aromatic amines is 1. The van der Waals surface area contributed by atoms with Crippen LogP contribution in [-0.4, -0.2) is 37.4 Å². The van der Waals surface area contributed by atoms with E-state index >= 15 is 0 Å². The predicted octanol–water partition coefficient (Wildman–Crippen LogP) is 5.71. The highest BCUT2D eigenvalue weighted by Crippen LogP contribution is 2.37. The summed E-state index contributed by atoms with van der Waals surface area (Å²) in [6.45, 7) is 4.18. The maximum absolute atomic E-state index is 13.9. The van der Waals surface area contributed by atoms with Gasteiger partial charge in [-0.05, 0) is 79.1 Å². The summed E-state index contributed by atoms with van der Waals surface area (Å²) in [7, 11) is -3.72. The molecule has 162 valence electrons. The van der Waals surface area contributed by atoms with E-state index in [9.17, 15) is 8.42 Å². The molecule has 5 heteroatoms. The number of nitrogens with one attached hydrogen (secondary N) is 1. The molecule has 3 aromatic carbocycles. The van der Waals surface area contributed by atoms with Crippen LogP contribution < -0.4 is 0 Å². The van der Waals surface area contributed by atoms with Gasteiger partial charge in [0.15, 0.2) is 0 Å². The first kappa shape index (κ1) is 19.8. The van der Waals surface area contributed by atoms with Crippen molar-refractivity contribution < 1.29 is 8.42 Å². The zero-order valence-corrected chi connectivity index (χ0v) is 19.0. The highest BCUT2D eigenvalue weighted by molar-refractivity contribution is 7.91. The summed E-state index contributed by atoms with van der Waals surface area (Å²) < 4.78 is 27.8. The molecule has 1 N–H and O–H groups in total. The van der Waals surface area contributed by atoms with Gasteiger partial charge in [-0.1, -0.05) is 42.5 Å². The van der Waals surface area contributed by atoms with Gasteiger partial charge < -0.3 is 4.98 Å². The molecule has 0 spiro atoms. The first-order chi connectivity index (χ1) is 15.5. The van der Waals surface area contributed by atoms with Gasteiger partial charge in [0.1, 0.15) is 5.03 Å². The Morgan fingerprint density at radius 3 is 2.75 bits per heavy atom. The Hall–Kier alpha value is -2.89. The van der Waals surface area contributed by atoms with Crippen LogP contribution in [0.2, 0.25) is 0 Å². The van der Waals surface area contributed by atoms with E-state index < -0.39 is 9.84 Å². The van der Waals surface area contributed by atoms with Crippen LogP contribution in [0.3, 0.4) is 0 Å². The Morgan fingerprint density at radius 1 is 1.00 bits per heavy atom. The van der Waals surface area contributed by atoms with Crippen molar-refractivity contribution in [2.75, 3.05) is 13.1 Å². The molecule has 2 aliphatic heterocycles. The molecule has 2 aliphatic rings. The number of hydrogen-bond acceptors (Lipinski definition) is 3. The van der Waals surface area contributed by atoms with Gasteiger partial charge in [-0.25, -0.2) is 8.42 Å². The van der Waals surface area contributed by atoms with Crippen LogP contribution in [0.5, 0.6) is 0 Å². The zero-order chi connectivity index (χ0) is 21.9. The molecule has 1 saturated heterocycles. The molecule has 4 nitrogen and oxygen atoms in total. The van der Waals surface area contributed by atoms with E-state index in [1.54, 1.807) is 6.07 Å². The number of sulfone groups is 1. The van der Waals surface area contributed by atoms with Crippen LogP contribution >= 0.6 is 0 Å². The number of para-hydroxylation sites is 1. The maximum atomic E-state index is 13.9. The number of fused-ring (bicyclic) bond motifs is 3. The maximum Gasteiger partial charge on any atom is 0.222 e. The second-order valence-corrected chi connectivity index (χ2v) is 11.0. The van der Waals surface area contributed by atoms with Crippen LogP contribution in [0.25, 0.3) is 27.2 Å². The lowest BCUT2D eigenvalue weighted by molar-refractivity contribution is 0.275. The molecule has 0 bridgehead atoms. The van der Waals surface area contributed by atoms with Crippen molar-refractivity contribution in [3.05, 3.63) is 77.9 Å². The number of aromatic nitrogens is 1. The first-order valence-electron chi connectivity index (χ1n) is 11.3. The molecule has 0 unspecified atom stereocenters. The van der Waals surface area contributed by atoms with E-state index in [4.69, 9.17) is 0 Å². The van der Waals surface area contributed by atoms with Crippen molar-refractivity contribution in [3.63, 3.8) is 0 Å². The van der Waals surface area contributed by atoms with Gasteiger partial charge in [0.2, 0.25) is 9.84 Å². The molecule has 3 heterocycles. The lowest BCUT2D eigenvalue weighted by atomic mass is 9.92. The van der Waals surface area contributed by atoms with Gasteiger partial charge in [-0.2, -0.15) is 0 Å². The van der Waals surface area contributed by atoms with Crippen LogP contribution in [0.1, 0.15) is 30.4 Å². The third-order valence-corrected chi connectivity index (χ3v) is 8.87. The number of benzene rings is 3. The van der Waals surface area contributed by atoms with Crippen LogP contribution in [0, 0.1) is 6.92 Å². The van der Waals surface area contributed by atoms with Crippen molar-refractivity contribution in [1.82, 2.24) is 9.88 Å².